The highest BCUT2D eigenvalue weighted by molar-refractivity contribution is 6.46. The Bertz CT molecular complexity index is 905. The van der Waals surface area contributed by atoms with E-state index < -0.39 is 17.7 Å². The Balaban J connectivity index is 2.12. The molecule has 1 N–H and O–H groups in total. The summed E-state index contributed by atoms with van der Waals surface area (Å²) in [6.45, 7) is 0.480. The molecule has 1 atom stereocenters. The third-order valence-electron chi connectivity index (χ3n) is 4.63. The molecule has 6 nitrogen and oxygen atoms in total. The molecular weight excluding hydrogens is 382 g/mol. The number of aliphatic hydroxyl groups is 1. The van der Waals surface area contributed by atoms with Crippen LogP contribution in [-0.2, 0) is 14.3 Å². The van der Waals surface area contributed by atoms with Crippen molar-refractivity contribution in [2.45, 2.75) is 6.04 Å². The maximum Gasteiger partial charge on any atom is 0.295 e. The van der Waals surface area contributed by atoms with Crippen molar-refractivity contribution in [3.8, 4) is 5.75 Å². The molecule has 0 radical (unpaired) electrons. The number of carbonyl (C=O) groups is 2. The Kier molecular flexibility index (Phi) is 6.02. The molecule has 1 unspecified atom stereocenters. The summed E-state index contributed by atoms with van der Waals surface area (Å²) in [5.41, 5.74) is 1.13. The molecular formula is C21H20ClNO5. The summed E-state index contributed by atoms with van der Waals surface area (Å²) in [4.78, 5) is 26.8. The summed E-state index contributed by atoms with van der Waals surface area (Å²) in [7, 11) is 3.06. The lowest BCUT2D eigenvalue weighted by molar-refractivity contribution is -0.140. The number of rotatable bonds is 6. The zero-order chi connectivity index (χ0) is 20.3. The van der Waals surface area contributed by atoms with Crippen LogP contribution in [0.5, 0.6) is 5.75 Å². The van der Waals surface area contributed by atoms with Crippen molar-refractivity contribution in [3.63, 3.8) is 0 Å². The third kappa shape index (κ3) is 3.74. The average Bonchev–Trinajstić information content (AvgIpc) is 2.97. The van der Waals surface area contributed by atoms with Gasteiger partial charge in [-0.3, -0.25) is 9.59 Å². The van der Waals surface area contributed by atoms with Gasteiger partial charge in [0.1, 0.15) is 11.5 Å². The molecule has 1 aliphatic heterocycles. The van der Waals surface area contributed by atoms with Crippen molar-refractivity contribution < 1.29 is 24.2 Å². The molecule has 3 rings (SSSR count). The topological polar surface area (TPSA) is 76.1 Å². The number of hydrogen-bond acceptors (Lipinski definition) is 5. The number of hydrogen-bond donors (Lipinski definition) is 1. The van der Waals surface area contributed by atoms with Crippen LogP contribution in [0.15, 0.2) is 54.1 Å². The van der Waals surface area contributed by atoms with Crippen LogP contribution < -0.4 is 4.74 Å². The molecule has 0 aliphatic carbocycles. The molecule has 1 saturated heterocycles. The van der Waals surface area contributed by atoms with Gasteiger partial charge in [-0.25, -0.2) is 0 Å². The second-order valence-corrected chi connectivity index (χ2v) is 6.70. The van der Waals surface area contributed by atoms with Gasteiger partial charge in [-0.1, -0.05) is 23.7 Å². The van der Waals surface area contributed by atoms with Gasteiger partial charge in [-0.05, 0) is 42.0 Å². The van der Waals surface area contributed by atoms with Crippen molar-refractivity contribution >= 4 is 29.1 Å². The van der Waals surface area contributed by atoms with E-state index in [0.717, 1.165) is 0 Å². The van der Waals surface area contributed by atoms with Gasteiger partial charge in [0, 0.05) is 24.2 Å². The molecule has 0 spiro atoms. The average molecular weight is 402 g/mol. The number of likely N-dealkylation sites (tertiary alicyclic amines) is 1. The Morgan fingerprint density at radius 2 is 1.71 bits per heavy atom. The number of ether oxygens (including phenoxy) is 2. The minimum absolute atomic E-state index is 0.0357. The van der Waals surface area contributed by atoms with E-state index in [1.54, 1.807) is 48.5 Å². The van der Waals surface area contributed by atoms with E-state index in [4.69, 9.17) is 21.1 Å². The van der Waals surface area contributed by atoms with E-state index >= 15 is 0 Å². The van der Waals surface area contributed by atoms with Crippen LogP contribution in [0.1, 0.15) is 17.2 Å². The first kappa shape index (κ1) is 19.9. The van der Waals surface area contributed by atoms with Crippen molar-refractivity contribution in [1.29, 1.82) is 0 Å². The van der Waals surface area contributed by atoms with E-state index in [0.29, 0.717) is 21.9 Å². The van der Waals surface area contributed by atoms with Crippen molar-refractivity contribution in [2.24, 2.45) is 0 Å². The molecule has 28 heavy (non-hydrogen) atoms. The lowest BCUT2D eigenvalue weighted by Gasteiger charge is -2.25. The van der Waals surface area contributed by atoms with Gasteiger partial charge in [0.2, 0.25) is 0 Å². The van der Waals surface area contributed by atoms with Gasteiger partial charge < -0.3 is 19.5 Å². The van der Waals surface area contributed by atoms with Crippen molar-refractivity contribution in [1.82, 2.24) is 4.90 Å². The number of nitrogens with zero attached hydrogens (tertiary/aromatic N) is 1. The van der Waals surface area contributed by atoms with E-state index in [-0.39, 0.29) is 24.5 Å². The molecule has 0 saturated carbocycles. The smallest absolute Gasteiger partial charge is 0.295 e. The fourth-order valence-corrected chi connectivity index (χ4v) is 3.32. The maximum absolute atomic E-state index is 12.8. The SMILES string of the molecule is COCCN1C(=O)C(=O)/C(=C(\O)c2ccc(OC)cc2)C1c1ccc(Cl)cc1. The first-order valence-corrected chi connectivity index (χ1v) is 9.03. The van der Waals surface area contributed by atoms with E-state index in [1.165, 1.54) is 19.1 Å². The van der Waals surface area contributed by atoms with Gasteiger partial charge in [-0.2, -0.15) is 0 Å². The summed E-state index contributed by atoms with van der Waals surface area (Å²) in [6.07, 6.45) is 0. The second kappa shape index (κ2) is 8.46. The standard InChI is InChI=1S/C21H20ClNO5/c1-27-12-11-23-18(13-3-7-15(22)8-4-13)17(20(25)21(23)26)19(24)14-5-9-16(28-2)10-6-14/h3-10,18,24H,11-12H2,1-2H3/b19-17-. The molecule has 2 aromatic carbocycles. The zero-order valence-corrected chi connectivity index (χ0v) is 16.3. The minimum atomic E-state index is -0.732. The Morgan fingerprint density at radius 1 is 1.07 bits per heavy atom. The van der Waals surface area contributed by atoms with Crippen LogP contribution in [-0.4, -0.2) is 49.1 Å². The number of ketones is 1. The fourth-order valence-electron chi connectivity index (χ4n) is 3.20. The van der Waals surface area contributed by atoms with E-state index in [2.05, 4.69) is 0 Å². The van der Waals surface area contributed by atoms with Crippen LogP contribution in [0.4, 0.5) is 0 Å². The lowest BCUT2D eigenvalue weighted by atomic mass is 9.95. The van der Waals surface area contributed by atoms with Gasteiger partial charge in [-0.15, -0.1) is 0 Å². The summed E-state index contributed by atoms with van der Waals surface area (Å²) in [5.74, 6) is -1.02. The van der Waals surface area contributed by atoms with Crippen LogP contribution >= 0.6 is 11.6 Å². The lowest BCUT2D eigenvalue weighted by Crippen LogP contribution is -2.32. The number of amides is 1. The minimum Gasteiger partial charge on any atom is -0.507 e. The van der Waals surface area contributed by atoms with Gasteiger partial charge in [0.05, 0.1) is 25.3 Å². The van der Waals surface area contributed by atoms with Crippen molar-refractivity contribution in [2.75, 3.05) is 27.4 Å². The monoisotopic (exact) mass is 401 g/mol. The zero-order valence-electron chi connectivity index (χ0n) is 15.5. The number of benzene rings is 2. The molecule has 146 valence electrons. The Hall–Kier alpha value is -2.83. The van der Waals surface area contributed by atoms with E-state index in [1.807, 2.05) is 0 Å². The number of methoxy groups -OCH3 is 2. The number of carbonyl (C=O) groups excluding carboxylic acids is 2. The van der Waals surface area contributed by atoms with Gasteiger partial charge in [0.15, 0.2) is 0 Å². The molecule has 1 fully saturated rings. The number of halogens is 1. The van der Waals surface area contributed by atoms with Crippen LogP contribution in [0, 0.1) is 0 Å². The molecule has 2 aromatic rings. The summed E-state index contributed by atoms with van der Waals surface area (Å²) in [5, 5.41) is 11.4. The molecule has 7 heteroatoms. The number of Topliss-reactive ketones (excluding diaryl/α,β-unsaturated/α-hetero) is 1. The van der Waals surface area contributed by atoms with Gasteiger partial charge >= 0.3 is 0 Å². The molecule has 1 aliphatic rings. The summed E-state index contributed by atoms with van der Waals surface area (Å²) < 4.78 is 10.2. The van der Waals surface area contributed by atoms with E-state index in [9.17, 15) is 14.7 Å². The predicted octanol–water partition coefficient (Wildman–Crippen LogP) is 3.42. The highest BCUT2D eigenvalue weighted by Crippen LogP contribution is 2.39. The Labute approximate surface area is 167 Å². The van der Waals surface area contributed by atoms with Crippen molar-refractivity contribution in [3.05, 3.63) is 70.3 Å². The molecule has 1 heterocycles. The fraction of sp³-hybridized carbons (Fsp3) is 0.238. The third-order valence-corrected chi connectivity index (χ3v) is 4.88. The number of aliphatic hydroxyl groups excluding tert-OH is 1. The Morgan fingerprint density at radius 3 is 2.29 bits per heavy atom. The first-order chi connectivity index (χ1) is 13.5. The normalized spacial score (nSPS) is 18.5. The quantitative estimate of drug-likeness (QED) is 0.456. The second-order valence-electron chi connectivity index (χ2n) is 6.27. The molecule has 0 bridgehead atoms. The summed E-state index contributed by atoms with van der Waals surface area (Å²) >= 11 is 5.98. The maximum atomic E-state index is 12.8. The van der Waals surface area contributed by atoms with Crippen LogP contribution in [0.3, 0.4) is 0 Å². The van der Waals surface area contributed by atoms with Crippen LogP contribution in [0.2, 0.25) is 5.02 Å². The van der Waals surface area contributed by atoms with Gasteiger partial charge in [0.25, 0.3) is 11.7 Å². The molecule has 1 amide bonds. The highest BCUT2D eigenvalue weighted by atomic mass is 35.5. The first-order valence-electron chi connectivity index (χ1n) is 8.65. The molecule has 0 aromatic heterocycles. The largest absolute Gasteiger partial charge is 0.507 e. The van der Waals surface area contributed by atoms with Crippen LogP contribution in [0.25, 0.3) is 5.76 Å². The highest BCUT2D eigenvalue weighted by Gasteiger charge is 2.45. The summed E-state index contributed by atoms with van der Waals surface area (Å²) in [6, 6.07) is 12.7. The predicted molar refractivity (Wildman–Crippen MR) is 105 cm³/mol.